The number of fused-ring (bicyclic) bond motifs is 2. The first kappa shape index (κ1) is 33.9. The van der Waals surface area contributed by atoms with Crippen molar-refractivity contribution in [2.24, 2.45) is 5.92 Å². The van der Waals surface area contributed by atoms with Crippen LogP contribution in [-0.4, -0.2) is 50.4 Å². The molecule has 8 rings (SSSR count). The second-order valence-electron chi connectivity index (χ2n) is 13.9. The van der Waals surface area contributed by atoms with E-state index in [0.717, 1.165) is 27.6 Å². The molecule has 3 amide bonds. The number of benzene rings is 5. The Labute approximate surface area is 305 Å². The molecule has 11 nitrogen and oxygen atoms in total. The topological polar surface area (TPSA) is 145 Å². The van der Waals surface area contributed by atoms with Gasteiger partial charge in [-0.15, -0.1) is 0 Å². The number of non-ortho nitro benzene ring substituents is 1. The van der Waals surface area contributed by atoms with E-state index in [-0.39, 0.29) is 48.7 Å². The molecule has 3 aliphatic rings. The quantitative estimate of drug-likeness (QED) is 0.104. The fraction of sp³-hybridized carbons (Fsp3) is 0.214. The Balaban J connectivity index is 1.06. The number of carbonyl (C=O) groups excluding carboxylic acids is 3. The largest absolute Gasteiger partial charge is 0.394 e. The average molecular weight is 709 g/mol. The van der Waals surface area contributed by atoms with Crippen molar-refractivity contribution in [2.45, 2.75) is 44.5 Å². The van der Waals surface area contributed by atoms with Gasteiger partial charge >= 0.3 is 0 Å². The van der Waals surface area contributed by atoms with Gasteiger partial charge in [0.15, 0.2) is 5.60 Å². The summed E-state index contributed by atoms with van der Waals surface area (Å²) in [5.74, 6) is -1.91. The standard InChI is InChI=1S/C42H36N4O7/c1-26(8-4-17-38(48)43-24-30-11-3-2-10-29(30)21-33(43)25-47)42(51)35-22-32(46(52)53)18-19-36(35)44(41(42)50)23-27-9-5-14-31(20-27)45-37-16-7-13-28-12-6-15-34(39(28)37)40(45)49/h2-16,18-20,22,26,33,47,51H,17,21,23-25H2,1H3/b8-4+/t26-,33-,42+/m0/s1. The summed E-state index contributed by atoms with van der Waals surface area (Å²) in [7, 11) is 0. The smallest absolute Gasteiger partial charge is 0.269 e. The summed E-state index contributed by atoms with van der Waals surface area (Å²) in [5, 5.41) is 35.9. The normalized spacial score (nSPS) is 19.6. The summed E-state index contributed by atoms with van der Waals surface area (Å²) in [4.78, 5) is 57.3. The van der Waals surface area contributed by atoms with E-state index in [2.05, 4.69) is 0 Å². The van der Waals surface area contributed by atoms with Crippen molar-refractivity contribution < 1.29 is 29.5 Å². The Hall–Kier alpha value is -6.17. The number of rotatable bonds is 9. The first-order chi connectivity index (χ1) is 25.6. The highest BCUT2D eigenvalue weighted by atomic mass is 16.6. The molecule has 3 atom stereocenters. The van der Waals surface area contributed by atoms with Crippen LogP contribution in [0.3, 0.4) is 0 Å². The minimum absolute atomic E-state index is 0.0207. The Kier molecular flexibility index (Phi) is 8.39. The van der Waals surface area contributed by atoms with E-state index in [1.54, 1.807) is 34.9 Å². The van der Waals surface area contributed by atoms with Gasteiger partial charge in [0, 0.05) is 47.7 Å². The van der Waals surface area contributed by atoms with Crippen LogP contribution in [0.1, 0.15) is 46.0 Å². The third kappa shape index (κ3) is 5.56. The second kappa shape index (κ2) is 13.1. The minimum Gasteiger partial charge on any atom is -0.394 e. The summed E-state index contributed by atoms with van der Waals surface area (Å²) < 4.78 is 0. The summed E-state index contributed by atoms with van der Waals surface area (Å²) in [6.07, 6.45) is 3.70. The highest BCUT2D eigenvalue weighted by Gasteiger charge is 2.53. The number of hydrogen-bond acceptors (Lipinski definition) is 7. The zero-order chi connectivity index (χ0) is 37.0. The van der Waals surface area contributed by atoms with Gasteiger partial charge in [0.2, 0.25) is 5.91 Å². The highest BCUT2D eigenvalue weighted by Crippen LogP contribution is 2.48. The molecule has 0 aliphatic carbocycles. The number of aliphatic hydroxyl groups is 2. The fourth-order valence-electron chi connectivity index (χ4n) is 8.03. The second-order valence-corrected chi connectivity index (χ2v) is 13.9. The third-order valence-electron chi connectivity index (χ3n) is 10.8. The van der Waals surface area contributed by atoms with Gasteiger partial charge in [-0.25, -0.2) is 0 Å². The Morgan fingerprint density at radius 1 is 0.962 bits per heavy atom. The average Bonchev–Trinajstić information content (AvgIpc) is 3.58. The van der Waals surface area contributed by atoms with Gasteiger partial charge in [0.1, 0.15) is 0 Å². The van der Waals surface area contributed by atoms with E-state index >= 15 is 0 Å². The molecule has 0 aromatic heterocycles. The molecule has 53 heavy (non-hydrogen) atoms. The van der Waals surface area contributed by atoms with Gasteiger partial charge in [0.25, 0.3) is 17.5 Å². The first-order valence-electron chi connectivity index (χ1n) is 17.5. The van der Waals surface area contributed by atoms with Crippen molar-refractivity contribution in [3.63, 3.8) is 0 Å². The maximum atomic E-state index is 14.3. The number of carbonyl (C=O) groups is 3. The van der Waals surface area contributed by atoms with Crippen LogP contribution >= 0.6 is 0 Å². The molecular formula is C42H36N4O7. The number of amides is 3. The number of hydrogen-bond donors (Lipinski definition) is 2. The van der Waals surface area contributed by atoms with Crippen LogP contribution in [-0.2, 0) is 34.7 Å². The molecule has 11 heteroatoms. The van der Waals surface area contributed by atoms with Crippen molar-refractivity contribution in [1.29, 1.82) is 0 Å². The molecule has 2 N–H and O–H groups in total. The SMILES string of the molecule is C[C@@H](/C=C/CC(=O)N1Cc2ccccc2C[C@H]1CO)[C@]1(O)C(=O)N(Cc2cccc(N3C(=O)c4cccc5cccc3c45)c2)c2ccc([N+](=O)[O-])cc21. The lowest BCUT2D eigenvalue weighted by atomic mass is 9.82. The van der Waals surface area contributed by atoms with E-state index in [4.69, 9.17) is 0 Å². The Bertz CT molecular complexity index is 2370. The van der Waals surface area contributed by atoms with Crippen LogP contribution in [0.15, 0.2) is 115 Å². The van der Waals surface area contributed by atoms with Gasteiger partial charge in [-0.05, 0) is 58.8 Å². The van der Waals surface area contributed by atoms with Gasteiger partial charge in [0.05, 0.1) is 41.1 Å². The van der Waals surface area contributed by atoms with Crippen LogP contribution in [0.4, 0.5) is 22.7 Å². The van der Waals surface area contributed by atoms with E-state index in [0.29, 0.717) is 35.5 Å². The summed E-state index contributed by atoms with van der Waals surface area (Å²) in [5.41, 5.74) is 2.77. The van der Waals surface area contributed by atoms with Gasteiger partial charge in [-0.1, -0.05) is 79.7 Å². The van der Waals surface area contributed by atoms with Crippen molar-refractivity contribution in [1.82, 2.24) is 4.90 Å². The molecule has 0 saturated heterocycles. The Morgan fingerprint density at radius 2 is 1.72 bits per heavy atom. The van der Waals surface area contributed by atoms with Crippen molar-refractivity contribution in [3.8, 4) is 0 Å². The van der Waals surface area contributed by atoms with E-state index in [1.165, 1.54) is 23.1 Å². The number of nitro groups is 1. The molecule has 0 saturated carbocycles. The fourth-order valence-corrected chi connectivity index (χ4v) is 8.03. The molecule has 3 heterocycles. The van der Waals surface area contributed by atoms with E-state index in [1.807, 2.05) is 78.9 Å². The van der Waals surface area contributed by atoms with Crippen molar-refractivity contribution in [2.75, 3.05) is 16.4 Å². The molecule has 5 aromatic rings. The molecule has 0 radical (unpaired) electrons. The molecule has 0 bridgehead atoms. The lowest BCUT2D eigenvalue weighted by Crippen LogP contribution is -2.46. The number of aliphatic hydroxyl groups excluding tert-OH is 1. The molecular weight excluding hydrogens is 672 g/mol. The maximum Gasteiger partial charge on any atom is 0.269 e. The van der Waals surface area contributed by atoms with Gasteiger partial charge in [-0.2, -0.15) is 0 Å². The third-order valence-corrected chi connectivity index (χ3v) is 10.8. The Morgan fingerprint density at radius 3 is 2.49 bits per heavy atom. The van der Waals surface area contributed by atoms with Crippen molar-refractivity contribution in [3.05, 3.63) is 153 Å². The zero-order valence-electron chi connectivity index (χ0n) is 28.9. The number of nitrogens with zero attached hydrogens (tertiary/aromatic N) is 4. The summed E-state index contributed by atoms with van der Waals surface area (Å²) in [6.45, 7) is 1.85. The van der Waals surface area contributed by atoms with Crippen LogP contribution in [0.5, 0.6) is 0 Å². The van der Waals surface area contributed by atoms with Crippen LogP contribution < -0.4 is 9.80 Å². The van der Waals surface area contributed by atoms with Crippen molar-refractivity contribution >= 4 is 51.2 Å². The zero-order valence-corrected chi connectivity index (χ0v) is 28.9. The lowest BCUT2D eigenvalue weighted by molar-refractivity contribution is -0.385. The van der Waals surface area contributed by atoms with E-state index < -0.39 is 22.3 Å². The molecule has 266 valence electrons. The summed E-state index contributed by atoms with van der Waals surface area (Å²) >= 11 is 0. The first-order valence-corrected chi connectivity index (χ1v) is 17.5. The predicted octanol–water partition coefficient (Wildman–Crippen LogP) is 6.30. The highest BCUT2D eigenvalue weighted by molar-refractivity contribution is 6.27. The van der Waals surface area contributed by atoms with Crippen LogP contribution in [0.25, 0.3) is 10.8 Å². The number of anilines is 3. The molecule has 3 aliphatic heterocycles. The molecule has 0 unspecified atom stereocenters. The van der Waals surface area contributed by atoms with Crippen LogP contribution in [0, 0.1) is 16.0 Å². The van der Waals surface area contributed by atoms with Crippen LogP contribution in [0.2, 0.25) is 0 Å². The monoisotopic (exact) mass is 708 g/mol. The van der Waals surface area contributed by atoms with E-state index in [9.17, 15) is 34.7 Å². The molecule has 0 fully saturated rings. The minimum atomic E-state index is -2.17. The van der Waals surface area contributed by atoms with Gasteiger partial charge in [-0.3, -0.25) is 29.4 Å². The number of nitro benzene ring substituents is 1. The van der Waals surface area contributed by atoms with Gasteiger partial charge < -0.3 is 20.0 Å². The maximum absolute atomic E-state index is 14.3. The molecule has 5 aromatic carbocycles. The predicted molar refractivity (Wildman–Crippen MR) is 200 cm³/mol. The molecule has 0 spiro atoms. The summed E-state index contributed by atoms with van der Waals surface area (Å²) in [6, 6.07) is 30.1. The lowest BCUT2D eigenvalue weighted by Gasteiger charge is -2.36.